The Morgan fingerprint density at radius 1 is 1.17 bits per heavy atom. The molecule has 2 amide bonds. The van der Waals surface area contributed by atoms with Crippen molar-refractivity contribution in [3.05, 3.63) is 46.5 Å². The fourth-order valence-corrected chi connectivity index (χ4v) is 2.55. The molecule has 0 unspecified atom stereocenters. The summed E-state index contributed by atoms with van der Waals surface area (Å²) >= 11 is 0. The highest BCUT2D eigenvalue weighted by molar-refractivity contribution is 6.19. The molecule has 0 saturated carbocycles. The number of hydrogen-bond acceptors (Lipinski definition) is 4. The van der Waals surface area contributed by atoms with Crippen molar-refractivity contribution >= 4 is 17.9 Å². The number of imide groups is 1. The molecule has 24 heavy (non-hydrogen) atoms. The van der Waals surface area contributed by atoms with Gasteiger partial charge in [0.05, 0.1) is 6.61 Å². The molecule has 1 heterocycles. The first-order chi connectivity index (χ1) is 11.5. The van der Waals surface area contributed by atoms with E-state index in [2.05, 4.69) is 0 Å². The van der Waals surface area contributed by atoms with E-state index in [1.54, 1.807) is 13.0 Å². The van der Waals surface area contributed by atoms with Crippen molar-refractivity contribution in [3.8, 4) is 11.8 Å². The van der Waals surface area contributed by atoms with Crippen LogP contribution in [-0.4, -0.2) is 29.9 Å². The fraction of sp³-hybridized carbons (Fsp3) is 0.316. The van der Waals surface area contributed by atoms with Gasteiger partial charge in [0.25, 0.3) is 11.8 Å². The summed E-state index contributed by atoms with van der Waals surface area (Å²) in [5.74, 6) is -0.111. The maximum Gasteiger partial charge on any atom is 0.271 e. The molecule has 0 N–H and O–H groups in total. The number of nitriles is 1. The Balaban J connectivity index is 2.45. The number of hydrogen-bond donors (Lipinski definition) is 0. The van der Waals surface area contributed by atoms with Gasteiger partial charge in [-0.15, -0.1) is 0 Å². The van der Waals surface area contributed by atoms with Gasteiger partial charge in [-0.3, -0.25) is 14.5 Å². The highest BCUT2D eigenvalue weighted by Crippen LogP contribution is 2.27. The number of ether oxygens (including phenoxy) is 1. The maximum atomic E-state index is 12.6. The van der Waals surface area contributed by atoms with Crippen LogP contribution in [0.3, 0.4) is 0 Å². The molecule has 1 aromatic carbocycles. The first-order valence-corrected chi connectivity index (χ1v) is 7.95. The zero-order valence-corrected chi connectivity index (χ0v) is 14.1. The van der Waals surface area contributed by atoms with Gasteiger partial charge < -0.3 is 4.74 Å². The third-order valence-electron chi connectivity index (χ3n) is 3.77. The van der Waals surface area contributed by atoms with Crippen molar-refractivity contribution in [3.63, 3.8) is 0 Å². The van der Waals surface area contributed by atoms with Crippen molar-refractivity contribution in [2.75, 3.05) is 13.2 Å². The van der Waals surface area contributed by atoms with Gasteiger partial charge in [0.15, 0.2) is 0 Å². The highest BCUT2D eigenvalue weighted by Gasteiger charge is 2.34. The lowest BCUT2D eigenvalue weighted by Gasteiger charge is -2.27. The van der Waals surface area contributed by atoms with E-state index in [4.69, 9.17) is 4.74 Å². The Hall–Kier alpha value is -2.87. The van der Waals surface area contributed by atoms with Crippen molar-refractivity contribution in [1.29, 1.82) is 5.26 Å². The molecule has 5 heteroatoms. The van der Waals surface area contributed by atoms with E-state index in [1.165, 1.54) is 0 Å². The molecule has 0 aromatic heterocycles. The Morgan fingerprint density at radius 3 is 2.38 bits per heavy atom. The Bertz CT molecular complexity index is 752. The predicted molar refractivity (Wildman–Crippen MR) is 90.9 cm³/mol. The second kappa shape index (κ2) is 7.60. The zero-order valence-electron chi connectivity index (χ0n) is 14.1. The number of nitrogens with zero attached hydrogens (tertiary/aromatic N) is 2. The van der Waals surface area contributed by atoms with Crippen LogP contribution in [0.15, 0.2) is 41.0 Å². The lowest BCUT2D eigenvalue weighted by atomic mass is 9.93. The van der Waals surface area contributed by atoms with E-state index in [9.17, 15) is 14.9 Å². The molecular weight excluding hydrogens is 304 g/mol. The number of carbonyl (C=O) groups excluding carboxylic acids is 2. The second-order valence-corrected chi connectivity index (χ2v) is 5.43. The van der Waals surface area contributed by atoms with Crippen molar-refractivity contribution < 1.29 is 14.3 Å². The van der Waals surface area contributed by atoms with Crippen LogP contribution in [0.1, 0.15) is 32.8 Å². The molecule has 0 fully saturated rings. The molecule has 1 aliphatic rings. The molecule has 0 spiro atoms. The third kappa shape index (κ3) is 3.38. The van der Waals surface area contributed by atoms with Crippen molar-refractivity contribution in [1.82, 2.24) is 4.90 Å². The average Bonchev–Trinajstić information content (AvgIpc) is 2.58. The van der Waals surface area contributed by atoms with Crippen molar-refractivity contribution in [2.45, 2.75) is 27.2 Å². The van der Waals surface area contributed by atoms with E-state index >= 15 is 0 Å². The zero-order chi connectivity index (χ0) is 17.7. The van der Waals surface area contributed by atoms with Crippen LogP contribution in [0.2, 0.25) is 0 Å². The largest absolute Gasteiger partial charge is 0.494 e. The summed E-state index contributed by atoms with van der Waals surface area (Å²) in [6.45, 7) is 6.32. The van der Waals surface area contributed by atoms with Gasteiger partial charge in [0, 0.05) is 12.1 Å². The van der Waals surface area contributed by atoms with Crippen LogP contribution in [-0.2, 0) is 9.59 Å². The van der Waals surface area contributed by atoms with Crippen LogP contribution in [0, 0.1) is 11.3 Å². The lowest BCUT2D eigenvalue weighted by Crippen LogP contribution is -2.43. The molecule has 124 valence electrons. The van der Waals surface area contributed by atoms with Crippen LogP contribution >= 0.6 is 0 Å². The summed E-state index contributed by atoms with van der Waals surface area (Å²) < 4.78 is 5.40. The van der Waals surface area contributed by atoms with Gasteiger partial charge >= 0.3 is 0 Å². The summed E-state index contributed by atoms with van der Waals surface area (Å²) in [5, 5.41) is 9.27. The van der Waals surface area contributed by atoms with Gasteiger partial charge in [0.1, 0.15) is 17.4 Å². The maximum absolute atomic E-state index is 12.6. The molecule has 1 aliphatic heterocycles. The summed E-state index contributed by atoms with van der Waals surface area (Å²) in [7, 11) is 0. The minimum Gasteiger partial charge on any atom is -0.494 e. The van der Waals surface area contributed by atoms with Crippen LogP contribution < -0.4 is 4.74 Å². The number of rotatable bonds is 5. The Labute approximate surface area is 141 Å². The quantitative estimate of drug-likeness (QED) is 0.616. The van der Waals surface area contributed by atoms with E-state index in [0.29, 0.717) is 30.7 Å². The Morgan fingerprint density at radius 2 is 1.83 bits per heavy atom. The summed E-state index contributed by atoms with van der Waals surface area (Å²) in [4.78, 5) is 26.0. The molecule has 5 nitrogen and oxygen atoms in total. The lowest BCUT2D eigenvalue weighted by molar-refractivity contribution is -0.140. The Kier molecular flexibility index (Phi) is 5.54. The SMILES string of the molecule is CCCN1C(=O)C(C#N)=C(C)/C(=C\c2ccc(OCC)cc2)C1=O. The first kappa shape index (κ1) is 17.5. The molecular formula is C19H20N2O3. The molecule has 0 bridgehead atoms. The second-order valence-electron chi connectivity index (χ2n) is 5.43. The topological polar surface area (TPSA) is 70.4 Å². The van der Waals surface area contributed by atoms with E-state index in [0.717, 1.165) is 16.2 Å². The summed E-state index contributed by atoms with van der Waals surface area (Å²) in [6, 6.07) is 9.25. The molecule has 1 aromatic rings. The number of carbonyl (C=O) groups is 2. The van der Waals surface area contributed by atoms with Crippen molar-refractivity contribution in [2.24, 2.45) is 0 Å². The van der Waals surface area contributed by atoms with Crippen LogP contribution in [0.5, 0.6) is 5.75 Å². The van der Waals surface area contributed by atoms with Gasteiger partial charge in [-0.2, -0.15) is 5.26 Å². The van der Waals surface area contributed by atoms with Gasteiger partial charge in [-0.25, -0.2) is 0 Å². The number of benzene rings is 1. The number of amides is 2. The first-order valence-electron chi connectivity index (χ1n) is 7.95. The third-order valence-corrected chi connectivity index (χ3v) is 3.77. The van der Waals surface area contributed by atoms with Gasteiger partial charge in [0.2, 0.25) is 0 Å². The highest BCUT2D eigenvalue weighted by atomic mass is 16.5. The van der Waals surface area contributed by atoms with Gasteiger partial charge in [-0.1, -0.05) is 19.1 Å². The molecule has 0 aliphatic carbocycles. The monoisotopic (exact) mass is 324 g/mol. The minimum absolute atomic E-state index is 0.0280. The minimum atomic E-state index is -0.509. The molecule has 2 rings (SSSR count). The van der Waals surface area contributed by atoms with E-state index in [-0.39, 0.29) is 11.5 Å². The summed E-state index contributed by atoms with van der Waals surface area (Å²) in [6.07, 6.45) is 2.35. The van der Waals surface area contributed by atoms with E-state index in [1.807, 2.05) is 44.2 Å². The predicted octanol–water partition coefficient (Wildman–Crippen LogP) is 3.09. The molecule has 0 radical (unpaired) electrons. The standard InChI is InChI=1S/C19H20N2O3/c1-4-10-21-18(22)16(13(3)17(12-20)19(21)23)11-14-6-8-15(9-7-14)24-5-2/h6-9,11H,4-5,10H2,1-3H3/b16-11+. The molecule has 0 saturated heterocycles. The average molecular weight is 324 g/mol. The van der Waals surface area contributed by atoms with Crippen LogP contribution in [0.25, 0.3) is 6.08 Å². The molecule has 0 atom stereocenters. The normalized spacial score (nSPS) is 16.6. The van der Waals surface area contributed by atoms with E-state index < -0.39 is 5.91 Å². The fourth-order valence-electron chi connectivity index (χ4n) is 2.55. The van der Waals surface area contributed by atoms with Crippen LogP contribution in [0.4, 0.5) is 0 Å². The van der Waals surface area contributed by atoms with Gasteiger partial charge in [-0.05, 0) is 49.6 Å². The smallest absolute Gasteiger partial charge is 0.271 e. The summed E-state index contributed by atoms with van der Waals surface area (Å²) in [5.41, 5.74) is 1.64.